The number of nitrogens with zero attached hydrogens (tertiary/aromatic N) is 3. The Kier molecular flexibility index (Phi) is 6.26. The molecule has 0 unspecified atom stereocenters. The van der Waals surface area contributed by atoms with E-state index in [0.29, 0.717) is 28.3 Å². The van der Waals surface area contributed by atoms with Crippen molar-refractivity contribution in [2.24, 2.45) is 5.10 Å². The first kappa shape index (κ1) is 23.3. The molecule has 182 valence electrons. The smallest absolute Gasteiger partial charge is 0.264 e. The van der Waals surface area contributed by atoms with Gasteiger partial charge in [-0.05, 0) is 55.0 Å². The number of benzene rings is 3. The van der Waals surface area contributed by atoms with Crippen LogP contribution >= 0.6 is 0 Å². The molecule has 0 aliphatic carbocycles. The number of aryl methyl sites for hydroxylation is 1. The molecule has 3 aromatic carbocycles. The highest BCUT2D eigenvalue weighted by atomic mass is 32.2. The standard InChI is InChI=1S/C26H22N4O5S/c1-18-7-10-21(11-8-18)36(32,33)30(22-6-2-4-20-5-3-13-27-26(20)22)16-25(31)29-28-15-19-9-12-23-24(14-19)35-17-34-23/h2-15H,16-17H2,1H3,(H,29,31). The third kappa shape index (κ3) is 4.71. The Balaban J connectivity index is 1.43. The van der Waals surface area contributed by atoms with Gasteiger partial charge in [-0.3, -0.25) is 14.1 Å². The van der Waals surface area contributed by atoms with Crippen LogP contribution in [0, 0.1) is 6.92 Å². The average Bonchev–Trinajstić information content (AvgIpc) is 3.35. The Morgan fingerprint density at radius 3 is 2.67 bits per heavy atom. The number of rotatable bonds is 7. The molecule has 10 heteroatoms. The maximum atomic E-state index is 13.7. The second-order valence-electron chi connectivity index (χ2n) is 8.08. The minimum atomic E-state index is -4.09. The number of carbonyl (C=O) groups is 1. The molecule has 0 atom stereocenters. The zero-order valence-electron chi connectivity index (χ0n) is 19.3. The summed E-state index contributed by atoms with van der Waals surface area (Å²) >= 11 is 0. The first-order valence-corrected chi connectivity index (χ1v) is 12.5. The number of aromatic nitrogens is 1. The lowest BCUT2D eigenvalue weighted by molar-refractivity contribution is -0.119. The molecule has 1 aromatic heterocycles. The minimum absolute atomic E-state index is 0.0673. The average molecular weight is 503 g/mol. The van der Waals surface area contributed by atoms with Crippen molar-refractivity contribution in [1.29, 1.82) is 0 Å². The lowest BCUT2D eigenvalue weighted by Crippen LogP contribution is -2.39. The third-order valence-corrected chi connectivity index (χ3v) is 7.35. The lowest BCUT2D eigenvalue weighted by Gasteiger charge is -2.24. The molecule has 0 saturated heterocycles. The summed E-state index contributed by atoms with van der Waals surface area (Å²) in [5.41, 5.74) is 4.77. The highest BCUT2D eigenvalue weighted by Crippen LogP contribution is 2.32. The van der Waals surface area contributed by atoms with Crippen molar-refractivity contribution < 1.29 is 22.7 Å². The third-order valence-electron chi connectivity index (χ3n) is 5.58. The number of hydrazone groups is 1. The Bertz CT molecular complexity index is 1560. The van der Waals surface area contributed by atoms with E-state index in [0.717, 1.165) is 15.3 Å². The number of hydrogen-bond donors (Lipinski definition) is 1. The number of fused-ring (bicyclic) bond motifs is 2. The zero-order valence-corrected chi connectivity index (χ0v) is 20.1. The SMILES string of the molecule is Cc1ccc(S(=O)(=O)N(CC(=O)NN=Cc2ccc3c(c2)OCO3)c2cccc3cccnc23)cc1. The molecule has 1 aliphatic rings. The highest BCUT2D eigenvalue weighted by Gasteiger charge is 2.29. The predicted octanol–water partition coefficient (Wildman–Crippen LogP) is 3.62. The Labute approximate surface area is 208 Å². The summed E-state index contributed by atoms with van der Waals surface area (Å²) < 4.78 is 39.0. The van der Waals surface area contributed by atoms with Crippen LogP contribution in [0.3, 0.4) is 0 Å². The van der Waals surface area contributed by atoms with Gasteiger partial charge < -0.3 is 9.47 Å². The normalized spacial score (nSPS) is 12.7. The van der Waals surface area contributed by atoms with E-state index in [1.807, 2.05) is 19.1 Å². The summed E-state index contributed by atoms with van der Waals surface area (Å²) in [6, 6.07) is 20.5. The molecular weight excluding hydrogens is 480 g/mol. The molecule has 9 nitrogen and oxygen atoms in total. The van der Waals surface area contributed by atoms with Crippen molar-refractivity contribution in [1.82, 2.24) is 10.4 Å². The quantitative estimate of drug-likeness (QED) is 0.305. The number of sulfonamides is 1. The van der Waals surface area contributed by atoms with Gasteiger partial charge in [-0.15, -0.1) is 0 Å². The van der Waals surface area contributed by atoms with Gasteiger partial charge in [-0.25, -0.2) is 13.8 Å². The molecule has 5 rings (SSSR count). The maximum Gasteiger partial charge on any atom is 0.264 e. The van der Waals surface area contributed by atoms with E-state index in [4.69, 9.17) is 9.47 Å². The molecular formula is C26H22N4O5S. The van der Waals surface area contributed by atoms with Crippen LogP contribution in [0.4, 0.5) is 5.69 Å². The summed E-state index contributed by atoms with van der Waals surface area (Å²) in [4.78, 5) is 17.3. The van der Waals surface area contributed by atoms with Crippen LogP contribution in [-0.4, -0.2) is 38.9 Å². The fourth-order valence-corrected chi connectivity index (χ4v) is 5.19. The van der Waals surface area contributed by atoms with E-state index in [1.165, 1.54) is 18.3 Å². The van der Waals surface area contributed by atoms with Crippen LogP contribution in [0.2, 0.25) is 0 Å². The zero-order chi connectivity index (χ0) is 25.1. The van der Waals surface area contributed by atoms with Gasteiger partial charge in [-0.2, -0.15) is 5.10 Å². The Morgan fingerprint density at radius 1 is 1.06 bits per heavy atom. The van der Waals surface area contributed by atoms with Gasteiger partial charge in [0.15, 0.2) is 11.5 Å². The van der Waals surface area contributed by atoms with Crippen LogP contribution in [-0.2, 0) is 14.8 Å². The predicted molar refractivity (Wildman–Crippen MR) is 136 cm³/mol. The molecule has 0 radical (unpaired) electrons. The number of carbonyl (C=O) groups excluding carboxylic acids is 1. The van der Waals surface area contributed by atoms with Gasteiger partial charge in [0.2, 0.25) is 6.79 Å². The van der Waals surface area contributed by atoms with Crippen LogP contribution in [0.25, 0.3) is 10.9 Å². The second kappa shape index (κ2) is 9.67. The van der Waals surface area contributed by atoms with Crippen LogP contribution in [0.1, 0.15) is 11.1 Å². The number of para-hydroxylation sites is 1. The molecule has 0 saturated carbocycles. The molecule has 4 aromatic rings. The van der Waals surface area contributed by atoms with Gasteiger partial charge >= 0.3 is 0 Å². The van der Waals surface area contributed by atoms with Crippen LogP contribution in [0.5, 0.6) is 11.5 Å². The van der Waals surface area contributed by atoms with Gasteiger partial charge in [0.25, 0.3) is 15.9 Å². The largest absolute Gasteiger partial charge is 0.454 e. The number of hydrogen-bond acceptors (Lipinski definition) is 7. The molecule has 1 aliphatic heterocycles. The molecule has 36 heavy (non-hydrogen) atoms. The topological polar surface area (TPSA) is 110 Å². The van der Waals surface area contributed by atoms with Crippen molar-refractivity contribution in [3.05, 3.63) is 90.1 Å². The Morgan fingerprint density at radius 2 is 1.83 bits per heavy atom. The van der Waals surface area contributed by atoms with E-state index in [2.05, 4.69) is 15.5 Å². The van der Waals surface area contributed by atoms with Crippen molar-refractivity contribution in [3.8, 4) is 11.5 Å². The fraction of sp³-hybridized carbons (Fsp3) is 0.115. The van der Waals surface area contributed by atoms with Crippen molar-refractivity contribution in [2.75, 3.05) is 17.6 Å². The summed E-state index contributed by atoms with van der Waals surface area (Å²) in [5, 5.41) is 4.73. The monoisotopic (exact) mass is 502 g/mol. The number of amides is 1. The second-order valence-corrected chi connectivity index (χ2v) is 9.95. The van der Waals surface area contributed by atoms with Gasteiger partial charge in [0.1, 0.15) is 6.54 Å². The van der Waals surface area contributed by atoms with E-state index in [1.54, 1.807) is 54.7 Å². The molecule has 0 fully saturated rings. The first-order chi connectivity index (χ1) is 17.4. The van der Waals surface area contributed by atoms with Gasteiger partial charge in [-0.1, -0.05) is 35.9 Å². The Hall–Kier alpha value is -4.44. The number of nitrogens with one attached hydrogen (secondary N) is 1. The van der Waals surface area contributed by atoms with Crippen molar-refractivity contribution in [3.63, 3.8) is 0 Å². The minimum Gasteiger partial charge on any atom is -0.454 e. The molecule has 1 N–H and O–H groups in total. The molecule has 0 bridgehead atoms. The van der Waals surface area contributed by atoms with Crippen LogP contribution in [0.15, 0.2) is 89.0 Å². The van der Waals surface area contributed by atoms with Crippen molar-refractivity contribution in [2.45, 2.75) is 11.8 Å². The van der Waals surface area contributed by atoms with E-state index in [-0.39, 0.29) is 11.7 Å². The van der Waals surface area contributed by atoms with E-state index in [9.17, 15) is 13.2 Å². The van der Waals surface area contributed by atoms with E-state index < -0.39 is 22.5 Å². The molecule has 1 amide bonds. The molecule has 2 heterocycles. The number of ether oxygens (including phenoxy) is 2. The van der Waals surface area contributed by atoms with Gasteiger partial charge in [0, 0.05) is 11.6 Å². The van der Waals surface area contributed by atoms with Gasteiger partial charge in [0.05, 0.1) is 22.3 Å². The van der Waals surface area contributed by atoms with Crippen LogP contribution < -0.4 is 19.2 Å². The number of pyridine rings is 1. The molecule has 0 spiro atoms. The summed E-state index contributed by atoms with van der Waals surface area (Å²) in [6.07, 6.45) is 3.02. The first-order valence-electron chi connectivity index (χ1n) is 11.1. The summed E-state index contributed by atoms with van der Waals surface area (Å²) in [5.74, 6) is 0.608. The van der Waals surface area contributed by atoms with E-state index >= 15 is 0 Å². The highest BCUT2D eigenvalue weighted by molar-refractivity contribution is 7.92. The summed E-state index contributed by atoms with van der Waals surface area (Å²) in [6.45, 7) is 1.53. The lowest BCUT2D eigenvalue weighted by atomic mass is 10.2. The number of anilines is 1. The maximum absolute atomic E-state index is 13.7. The summed E-state index contributed by atoms with van der Waals surface area (Å²) in [7, 11) is -4.09. The van der Waals surface area contributed by atoms with Crippen molar-refractivity contribution >= 4 is 38.7 Å². The fourth-order valence-electron chi connectivity index (χ4n) is 3.76.